The van der Waals surface area contributed by atoms with Crippen LogP contribution in [0.25, 0.3) is 0 Å². The third-order valence-electron chi connectivity index (χ3n) is 3.34. The molecule has 100 valence electrons. The summed E-state index contributed by atoms with van der Waals surface area (Å²) in [6.07, 6.45) is 3.85. The molecule has 0 bridgehead atoms. The minimum absolute atomic E-state index is 0.284. The summed E-state index contributed by atoms with van der Waals surface area (Å²) < 4.78 is 5.85. The van der Waals surface area contributed by atoms with Crippen LogP contribution in [0, 0.1) is 0 Å². The third kappa shape index (κ3) is 4.13. The van der Waals surface area contributed by atoms with Crippen molar-refractivity contribution >= 4 is 17.4 Å². The summed E-state index contributed by atoms with van der Waals surface area (Å²) in [6, 6.07) is 8.98. The van der Waals surface area contributed by atoms with Crippen LogP contribution in [0.15, 0.2) is 24.3 Å². The van der Waals surface area contributed by atoms with Gasteiger partial charge < -0.3 is 10.1 Å². The van der Waals surface area contributed by atoms with Crippen LogP contribution in [-0.2, 0) is 0 Å². The lowest BCUT2D eigenvalue weighted by Crippen LogP contribution is -2.24. The van der Waals surface area contributed by atoms with E-state index in [1.54, 1.807) is 0 Å². The summed E-state index contributed by atoms with van der Waals surface area (Å²) in [7, 11) is 0. The maximum atomic E-state index is 5.85. The van der Waals surface area contributed by atoms with Crippen molar-refractivity contribution in [2.24, 2.45) is 0 Å². The Morgan fingerprint density at radius 2 is 2.17 bits per heavy atom. The van der Waals surface area contributed by atoms with Crippen molar-refractivity contribution in [2.45, 2.75) is 45.3 Å². The lowest BCUT2D eigenvalue weighted by atomic mass is 10.1. The van der Waals surface area contributed by atoms with E-state index in [4.69, 9.17) is 4.74 Å². The SMILES string of the molecule is CCC(C)Oc1cccc(NC2CCSCC2)c1. The van der Waals surface area contributed by atoms with Gasteiger partial charge in [-0.05, 0) is 49.8 Å². The summed E-state index contributed by atoms with van der Waals surface area (Å²) in [5, 5.41) is 3.62. The number of anilines is 1. The average Bonchev–Trinajstić information content (AvgIpc) is 2.40. The molecule has 0 aromatic heterocycles. The van der Waals surface area contributed by atoms with Gasteiger partial charge in [0.05, 0.1) is 6.10 Å². The van der Waals surface area contributed by atoms with Crippen LogP contribution in [0.4, 0.5) is 5.69 Å². The molecule has 3 heteroatoms. The summed E-state index contributed by atoms with van der Waals surface area (Å²) in [5.41, 5.74) is 1.19. The minimum Gasteiger partial charge on any atom is -0.491 e. The second kappa shape index (κ2) is 6.93. The van der Waals surface area contributed by atoms with E-state index in [9.17, 15) is 0 Å². The van der Waals surface area contributed by atoms with Gasteiger partial charge in [-0.1, -0.05) is 13.0 Å². The number of hydrogen-bond donors (Lipinski definition) is 1. The Morgan fingerprint density at radius 1 is 1.39 bits per heavy atom. The van der Waals surface area contributed by atoms with Gasteiger partial charge in [-0.3, -0.25) is 0 Å². The molecule has 1 aromatic rings. The second-order valence-corrected chi connectivity index (χ2v) is 6.12. The van der Waals surface area contributed by atoms with Gasteiger partial charge in [-0.2, -0.15) is 11.8 Å². The van der Waals surface area contributed by atoms with E-state index in [1.807, 2.05) is 6.07 Å². The fraction of sp³-hybridized carbons (Fsp3) is 0.600. The van der Waals surface area contributed by atoms with Gasteiger partial charge in [0.2, 0.25) is 0 Å². The summed E-state index contributed by atoms with van der Waals surface area (Å²) in [6.45, 7) is 4.25. The standard InChI is InChI=1S/C15H23NOS/c1-3-12(2)17-15-6-4-5-14(11-15)16-13-7-9-18-10-8-13/h4-6,11-13,16H,3,7-10H2,1-2H3. The molecular formula is C15H23NOS. The van der Waals surface area contributed by atoms with Gasteiger partial charge in [0, 0.05) is 17.8 Å². The van der Waals surface area contributed by atoms with Crippen molar-refractivity contribution in [1.82, 2.24) is 0 Å². The number of thioether (sulfide) groups is 1. The average molecular weight is 265 g/mol. The molecule has 1 aliphatic rings. The lowest BCUT2D eigenvalue weighted by molar-refractivity contribution is 0.217. The van der Waals surface area contributed by atoms with Crippen LogP contribution in [0.2, 0.25) is 0 Å². The van der Waals surface area contributed by atoms with Crippen LogP contribution >= 0.6 is 11.8 Å². The number of nitrogens with one attached hydrogen (secondary N) is 1. The molecule has 0 spiro atoms. The number of hydrogen-bond acceptors (Lipinski definition) is 3. The highest BCUT2D eigenvalue weighted by Gasteiger charge is 2.13. The van der Waals surface area contributed by atoms with Gasteiger partial charge in [-0.15, -0.1) is 0 Å². The summed E-state index contributed by atoms with van der Waals surface area (Å²) in [4.78, 5) is 0. The molecule has 2 rings (SSSR count). The first-order valence-corrected chi connectivity index (χ1v) is 8.04. The third-order valence-corrected chi connectivity index (χ3v) is 4.39. The monoisotopic (exact) mass is 265 g/mol. The smallest absolute Gasteiger partial charge is 0.121 e. The molecule has 1 aliphatic heterocycles. The van der Waals surface area contributed by atoms with Crippen molar-refractivity contribution in [3.05, 3.63) is 24.3 Å². The summed E-state index contributed by atoms with van der Waals surface area (Å²) in [5.74, 6) is 3.53. The molecule has 1 heterocycles. The van der Waals surface area contributed by atoms with E-state index in [2.05, 4.69) is 49.1 Å². The highest BCUT2D eigenvalue weighted by atomic mass is 32.2. The Balaban J connectivity index is 1.93. The van der Waals surface area contributed by atoms with E-state index < -0.39 is 0 Å². The highest BCUT2D eigenvalue weighted by molar-refractivity contribution is 7.99. The molecule has 1 fully saturated rings. The quantitative estimate of drug-likeness (QED) is 0.863. The Labute approximate surface area is 114 Å². The largest absolute Gasteiger partial charge is 0.491 e. The Hall–Kier alpha value is -0.830. The Morgan fingerprint density at radius 3 is 2.89 bits per heavy atom. The van der Waals surface area contributed by atoms with E-state index >= 15 is 0 Å². The van der Waals surface area contributed by atoms with Gasteiger partial charge in [-0.25, -0.2) is 0 Å². The zero-order valence-corrected chi connectivity index (χ0v) is 12.1. The van der Waals surface area contributed by atoms with Crippen molar-refractivity contribution < 1.29 is 4.74 Å². The molecule has 0 radical (unpaired) electrons. The molecule has 2 nitrogen and oxygen atoms in total. The molecule has 1 aromatic carbocycles. The zero-order valence-electron chi connectivity index (χ0n) is 11.3. The van der Waals surface area contributed by atoms with E-state index in [1.165, 1.54) is 30.0 Å². The summed E-state index contributed by atoms with van der Waals surface area (Å²) >= 11 is 2.06. The fourth-order valence-corrected chi connectivity index (χ4v) is 3.16. The fourth-order valence-electron chi connectivity index (χ4n) is 2.05. The Kier molecular flexibility index (Phi) is 5.24. The maximum Gasteiger partial charge on any atom is 0.121 e. The van der Waals surface area contributed by atoms with Gasteiger partial charge >= 0.3 is 0 Å². The van der Waals surface area contributed by atoms with Crippen LogP contribution in [-0.4, -0.2) is 23.7 Å². The predicted octanol–water partition coefficient (Wildman–Crippen LogP) is 4.17. The van der Waals surface area contributed by atoms with Crippen LogP contribution < -0.4 is 10.1 Å². The van der Waals surface area contributed by atoms with Crippen LogP contribution in [0.1, 0.15) is 33.1 Å². The molecule has 1 saturated heterocycles. The van der Waals surface area contributed by atoms with Crippen molar-refractivity contribution in [2.75, 3.05) is 16.8 Å². The maximum absolute atomic E-state index is 5.85. The van der Waals surface area contributed by atoms with E-state index in [0.717, 1.165) is 12.2 Å². The zero-order chi connectivity index (χ0) is 12.8. The predicted molar refractivity (Wildman–Crippen MR) is 80.8 cm³/mol. The van der Waals surface area contributed by atoms with Crippen molar-refractivity contribution in [3.8, 4) is 5.75 Å². The van der Waals surface area contributed by atoms with E-state index in [0.29, 0.717) is 6.04 Å². The van der Waals surface area contributed by atoms with Crippen molar-refractivity contribution in [1.29, 1.82) is 0 Å². The number of rotatable bonds is 5. The topological polar surface area (TPSA) is 21.3 Å². The van der Waals surface area contributed by atoms with Crippen LogP contribution in [0.3, 0.4) is 0 Å². The number of benzene rings is 1. The van der Waals surface area contributed by atoms with E-state index in [-0.39, 0.29) is 6.10 Å². The lowest BCUT2D eigenvalue weighted by Gasteiger charge is -2.24. The number of ether oxygens (including phenoxy) is 1. The molecule has 0 aliphatic carbocycles. The van der Waals surface area contributed by atoms with Gasteiger partial charge in [0.1, 0.15) is 5.75 Å². The molecule has 0 saturated carbocycles. The minimum atomic E-state index is 0.284. The molecule has 18 heavy (non-hydrogen) atoms. The molecule has 1 unspecified atom stereocenters. The van der Waals surface area contributed by atoms with Gasteiger partial charge in [0.15, 0.2) is 0 Å². The molecule has 1 N–H and O–H groups in total. The molecule has 0 amide bonds. The van der Waals surface area contributed by atoms with Gasteiger partial charge in [0.25, 0.3) is 0 Å². The first-order chi connectivity index (χ1) is 8.78. The van der Waals surface area contributed by atoms with Crippen molar-refractivity contribution in [3.63, 3.8) is 0 Å². The van der Waals surface area contributed by atoms with Crippen LogP contribution in [0.5, 0.6) is 5.75 Å². The highest BCUT2D eigenvalue weighted by Crippen LogP contribution is 2.24. The normalized spacial score (nSPS) is 18.3. The first kappa shape index (κ1) is 13.6. The first-order valence-electron chi connectivity index (χ1n) is 6.89. The Bertz CT molecular complexity index is 363. The molecular weight excluding hydrogens is 242 g/mol. The molecule has 1 atom stereocenters. The second-order valence-electron chi connectivity index (χ2n) is 4.90.